The molecule has 0 atom stereocenters. The number of rotatable bonds is 7. The van der Waals surface area contributed by atoms with Gasteiger partial charge in [0.05, 0.1) is 5.56 Å². The van der Waals surface area contributed by atoms with Crippen LogP contribution in [0, 0.1) is 23.3 Å². The summed E-state index contributed by atoms with van der Waals surface area (Å²) in [7, 11) is 0. The van der Waals surface area contributed by atoms with Gasteiger partial charge in [0.2, 0.25) is 5.75 Å². The molecule has 0 unspecified atom stereocenters. The molecule has 2 nitrogen and oxygen atoms in total. The Labute approximate surface area is 185 Å². The summed E-state index contributed by atoms with van der Waals surface area (Å²) in [6.45, 7) is 2.00. The fourth-order valence-electron chi connectivity index (χ4n) is 3.52. The van der Waals surface area contributed by atoms with Crippen molar-refractivity contribution in [2.45, 2.75) is 39.0 Å². The van der Waals surface area contributed by atoms with Crippen molar-refractivity contribution in [3.63, 3.8) is 0 Å². The van der Waals surface area contributed by atoms with Gasteiger partial charge in [-0.15, -0.1) is 13.2 Å². The van der Waals surface area contributed by atoms with Crippen molar-refractivity contribution in [2.75, 3.05) is 0 Å². The Hall–Kier alpha value is -3.23. The average molecular weight is 472 g/mol. The first-order valence-corrected chi connectivity index (χ1v) is 10.0. The highest BCUT2D eigenvalue weighted by Crippen LogP contribution is 2.36. The standard InChI is InChI=1S/C24H19F7O2/c1-2-3-13-4-7-15(8-5-13)21-20(32)12-17(25)16(22(21)28)9-6-14-10-18(26)23(19(27)11-14)33-24(29,30)31/h4-5,7-8,10-12,32H,2-3,6,9H2,1H3. The van der Waals surface area contributed by atoms with Crippen LogP contribution in [0.1, 0.15) is 30.0 Å². The van der Waals surface area contributed by atoms with Crippen molar-refractivity contribution < 1.29 is 40.6 Å². The van der Waals surface area contributed by atoms with E-state index in [9.17, 15) is 31.4 Å². The molecule has 0 aliphatic carbocycles. The van der Waals surface area contributed by atoms with Crippen molar-refractivity contribution in [1.29, 1.82) is 0 Å². The summed E-state index contributed by atoms with van der Waals surface area (Å²) in [6, 6.07) is 8.66. The molecule has 0 saturated heterocycles. The number of phenolic OH excluding ortho intramolecular Hbond substituents is 1. The molecule has 3 rings (SSSR count). The van der Waals surface area contributed by atoms with Crippen LogP contribution in [-0.4, -0.2) is 11.5 Å². The van der Waals surface area contributed by atoms with E-state index in [1.165, 1.54) is 0 Å². The molecule has 0 bridgehead atoms. The molecular weight excluding hydrogens is 453 g/mol. The van der Waals surface area contributed by atoms with Crippen LogP contribution in [0.2, 0.25) is 0 Å². The predicted octanol–water partition coefficient (Wildman–Crippen LogP) is 7.25. The van der Waals surface area contributed by atoms with E-state index in [2.05, 4.69) is 4.74 Å². The highest BCUT2D eigenvalue weighted by Gasteiger charge is 2.34. The van der Waals surface area contributed by atoms with Crippen LogP contribution in [0.25, 0.3) is 11.1 Å². The molecule has 0 aliphatic rings. The Morgan fingerprint density at radius 1 is 0.788 bits per heavy atom. The minimum Gasteiger partial charge on any atom is -0.507 e. The summed E-state index contributed by atoms with van der Waals surface area (Å²) >= 11 is 0. The summed E-state index contributed by atoms with van der Waals surface area (Å²) in [6.07, 6.45) is -4.22. The molecule has 0 saturated carbocycles. The number of ether oxygens (including phenoxy) is 1. The van der Waals surface area contributed by atoms with E-state index in [1.807, 2.05) is 6.92 Å². The Kier molecular flexibility index (Phi) is 7.19. The summed E-state index contributed by atoms with van der Waals surface area (Å²) in [5.74, 6) is -7.50. The number of aromatic hydroxyl groups is 1. The van der Waals surface area contributed by atoms with Gasteiger partial charge in [-0.3, -0.25) is 0 Å². The van der Waals surface area contributed by atoms with Crippen LogP contribution >= 0.6 is 0 Å². The fourth-order valence-corrected chi connectivity index (χ4v) is 3.52. The number of hydrogen-bond donors (Lipinski definition) is 1. The topological polar surface area (TPSA) is 29.5 Å². The van der Waals surface area contributed by atoms with Crippen molar-refractivity contribution >= 4 is 0 Å². The largest absolute Gasteiger partial charge is 0.573 e. The quantitative estimate of drug-likeness (QED) is 0.367. The SMILES string of the molecule is CCCc1ccc(-c2c(O)cc(F)c(CCc3cc(F)c(OC(F)(F)F)c(F)c3)c2F)cc1. The monoisotopic (exact) mass is 472 g/mol. The third kappa shape index (κ3) is 5.77. The molecule has 0 heterocycles. The van der Waals surface area contributed by atoms with Gasteiger partial charge in [0.15, 0.2) is 11.6 Å². The lowest BCUT2D eigenvalue weighted by atomic mass is 9.95. The fraction of sp³-hybridized carbons (Fsp3) is 0.250. The Morgan fingerprint density at radius 2 is 1.39 bits per heavy atom. The smallest absolute Gasteiger partial charge is 0.507 e. The molecule has 0 aromatic heterocycles. The Balaban J connectivity index is 1.88. The van der Waals surface area contributed by atoms with Gasteiger partial charge in [0.1, 0.15) is 17.4 Å². The normalized spacial score (nSPS) is 11.6. The second kappa shape index (κ2) is 9.72. The number of halogens is 7. The maximum absolute atomic E-state index is 15.1. The summed E-state index contributed by atoms with van der Waals surface area (Å²) in [5, 5.41) is 10.1. The third-order valence-electron chi connectivity index (χ3n) is 5.01. The predicted molar refractivity (Wildman–Crippen MR) is 108 cm³/mol. The van der Waals surface area contributed by atoms with Gasteiger partial charge >= 0.3 is 6.36 Å². The van der Waals surface area contributed by atoms with E-state index in [-0.39, 0.29) is 24.0 Å². The van der Waals surface area contributed by atoms with Gasteiger partial charge in [-0.1, -0.05) is 37.6 Å². The maximum Gasteiger partial charge on any atom is 0.573 e. The molecule has 3 aromatic rings. The maximum atomic E-state index is 15.1. The number of aryl methyl sites for hydroxylation is 2. The summed E-state index contributed by atoms with van der Waals surface area (Å²) in [4.78, 5) is 0. The van der Waals surface area contributed by atoms with Crippen molar-refractivity contribution in [2.24, 2.45) is 0 Å². The van der Waals surface area contributed by atoms with Crippen molar-refractivity contribution in [1.82, 2.24) is 0 Å². The lowest BCUT2D eigenvalue weighted by Gasteiger charge is -2.14. The molecule has 176 valence electrons. The zero-order chi connectivity index (χ0) is 24.3. The highest BCUT2D eigenvalue weighted by atomic mass is 19.4. The lowest BCUT2D eigenvalue weighted by molar-refractivity contribution is -0.276. The van der Waals surface area contributed by atoms with Crippen LogP contribution in [0.3, 0.4) is 0 Å². The molecule has 1 N–H and O–H groups in total. The first-order valence-electron chi connectivity index (χ1n) is 10.0. The zero-order valence-corrected chi connectivity index (χ0v) is 17.4. The minimum absolute atomic E-state index is 0.128. The van der Waals surface area contributed by atoms with Crippen LogP contribution < -0.4 is 4.74 Å². The second-order valence-electron chi connectivity index (χ2n) is 7.43. The van der Waals surface area contributed by atoms with E-state index in [0.717, 1.165) is 24.5 Å². The molecule has 9 heteroatoms. The Bertz CT molecular complexity index is 1120. The molecule has 0 spiro atoms. The van der Waals surface area contributed by atoms with Crippen LogP contribution in [0.5, 0.6) is 11.5 Å². The van der Waals surface area contributed by atoms with Gasteiger partial charge in [0.25, 0.3) is 0 Å². The number of phenols is 1. The zero-order valence-electron chi connectivity index (χ0n) is 17.4. The molecule has 3 aromatic carbocycles. The number of hydrogen-bond acceptors (Lipinski definition) is 2. The molecule has 0 fully saturated rings. The first-order chi connectivity index (χ1) is 15.5. The molecule has 0 radical (unpaired) electrons. The highest BCUT2D eigenvalue weighted by molar-refractivity contribution is 5.72. The first kappa shape index (κ1) is 24.4. The van der Waals surface area contributed by atoms with E-state index < -0.39 is 46.7 Å². The lowest BCUT2D eigenvalue weighted by Crippen LogP contribution is -2.19. The summed E-state index contributed by atoms with van der Waals surface area (Å²) in [5.41, 5.74) is 0.539. The van der Waals surface area contributed by atoms with Crippen LogP contribution in [-0.2, 0) is 19.3 Å². The van der Waals surface area contributed by atoms with Gasteiger partial charge in [0, 0.05) is 11.6 Å². The second-order valence-corrected chi connectivity index (χ2v) is 7.43. The Morgan fingerprint density at radius 3 is 1.94 bits per heavy atom. The van der Waals surface area contributed by atoms with E-state index in [4.69, 9.17) is 0 Å². The van der Waals surface area contributed by atoms with Gasteiger partial charge in [-0.2, -0.15) is 0 Å². The number of alkyl halides is 3. The van der Waals surface area contributed by atoms with Crippen LogP contribution in [0.4, 0.5) is 30.7 Å². The molecule has 33 heavy (non-hydrogen) atoms. The molecule has 0 amide bonds. The van der Waals surface area contributed by atoms with E-state index in [1.54, 1.807) is 24.3 Å². The minimum atomic E-state index is -5.29. The average Bonchev–Trinajstić information content (AvgIpc) is 2.71. The van der Waals surface area contributed by atoms with Crippen molar-refractivity contribution in [3.05, 3.63) is 82.4 Å². The van der Waals surface area contributed by atoms with E-state index in [0.29, 0.717) is 17.7 Å². The van der Waals surface area contributed by atoms with Gasteiger partial charge < -0.3 is 9.84 Å². The van der Waals surface area contributed by atoms with E-state index >= 15 is 4.39 Å². The van der Waals surface area contributed by atoms with Crippen LogP contribution in [0.15, 0.2) is 42.5 Å². The third-order valence-corrected chi connectivity index (χ3v) is 5.01. The number of benzene rings is 3. The van der Waals surface area contributed by atoms with Gasteiger partial charge in [-0.25, -0.2) is 17.6 Å². The summed E-state index contributed by atoms with van der Waals surface area (Å²) < 4.78 is 97.5. The molecule has 0 aliphatic heterocycles. The van der Waals surface area contributed by atoms with Gasteiger partial charge in [-0.05, 0) is 48.1 Å². The van der Waals surface area contributed by atoms with Crippen molar-refractivity contribution in [3.8, 4) is 22.6 Å². The molecular formula is C24H19F7O2.